The largest absolute Gasteiger partial charge is 0.312 e. The molecule has 108 valence electrons. The van der Waals surface area contributed by atoms with Crippen LogP contribution in [0.2, 0.25) is 0 Å². The molecule has 0 radical (unpaired) electrons. The average molecular weight is 294 g/mol. The van der Waals surface area contributed by atoms with E-state index in [1.807, 2.05) is 11.6 Å². The quantitative estimate of drug-likeness (QED) is 0.889. The van der Waals surface area contributed by atoms with E-state index in [1.165, 1.54) is 17.8 Å². The molecular formula is C14H19FN4S. The second-order valence-electron chi connectivity index (χ2n) is 5.10. The first-order chi connectivity index (χ1) is 9.56. The molecule has 2 aromatic rings. The molecule has 0 saturated carbocycles. The molecule has 20 heavy (non-hydrogen) atoms. The monoisotopic (exact) mass is 294 g/mol. The minimum Gasteiger partial charge on any atom is -0.312 e. The number of nitrogens with zero attached hydrogens (tertiary/aromatic N) is 3. The Hall–Kier alpha value is -1.40. The molecule has 0 spiro atoms. The van der Waals surface area contributed by atoms with Gasteiger partial charge in [0.1, 0.15) is 12.1 Å². The number of aromatic nitrogens is 3. The van der Waals surface area contributed by atoms with E-state index in [1.54, 1.807) is 18.5 Å². The predicted molar refractivity (Wildman–Crippen MR) is 78.1 cm³/mol. The molecule has 1 aromatic carbocycles. The van der Waals surface area contributed by atoms with Crippen LogP contribution in [0.5, 0.6) is 0 Å². The van der Waals surface area contributed by atoms with E-state index in [0.29, 0.717) is 12.5 Å². The Morgan fingerprint density at radius 3 is 2.85 bits per heavy atom. The highest BCUT2D eigenvalue weighted by Crippen LogP contribution is 2.29. The topological polar surface area (TPSA) is 42.7 Å². The second-order valence-corrected chi connectivity index (χ2v) is 6.11. The summed E-state index contributed by atoms with van der Waals surface area (Å²) >= 11 is 1.50. The van der Waals surface area contributed by atoms with Gasteiger partial charge in [-0.1, -0.05) is 13.8 Å². The van der Waals surface area contributed by atoms with Crippen LogP contribution in [0.25, 0.3) is 0 Å². The van der Waals surface area contributed by atoms with Crippen molar-refractivity contribution in [2.24, 2.45) is 13.0 Å². The summed E-state index contributed by atoms with van der Waals surface area (Å²) in [7, 11) is 1.89. The fraction of sp³-hybridized carbons (Fsp3) is 0.429. The van der Waals surface area contributed by atoms with Crippen LogP contribution in [0.1, 0.15) is 19.4 Å². The number of benzene rings is 1. The van der Waals surface area contributed by atoms with Crippen molar-refractivity contribution < 1.29 is 4.39 Å². The van der Waals surface area contributed by atoms with Crippen molar-refractivity contribution in [1.29, 1.82) is 0 Å². The third-order valence-corrected chi connectivity index (χ3v) is 3.93. The van der Waals surface area contributed by atoms with Crippen molar-refractivity contribution in [2.45, 2.75) is 30.4 Å². The molecular weight excluding hydrogens is 275 g/mol. The van der Waals surface area contributed by atoms with Crippen LogP contribution in [-0.2, 0) is 13.6 Å². The lowest BCUT2D eigenvalue weighted by molar-refractivity contribution is 0.547. The van der Waals surface area contributed by atoms with E-state index in [2.05, 4.69) is 29.4 Å². The number of rotatable bonds is 6. The van der Waals surface area contributed by atoms with Gasteiger partial charge in [0, 0.05) is 18.5 Å². The summed E-state index contributed by atoms with van der Waals surface area (Å²) in [5.41, 5.74) is 0.943. The molecule has 1 heterocycles. The van der Waals surface area contributed by atoms with E-state index in [9.17, 15) is 4.39 Å². The number of halogens is 1. The van der Waals surface area contributed by atoms with Gasteiger partial charge in [-0.25, -0.2) is 4.39 Å². The molecule has 0 saturated heterocycles. The first kappa shape index (κ1) is 15.0. The maximum atomic E-state index is 13.4. The molecule has 4 nitrogen and oxygen atoms in total. The molecule has 1 aromatic heterocycles. The van der Waals surface area contributed by atoms with Gasteiger partial charge in [0.15, 0.2) is 5.16 Å². The van der Waals surface area contributed by atoms with Crippen molar-refractivity contribution in [2.75, 3.05) is 6.54 Å². The van der Waals surface area contributed by atoms with Crippen LogP contribution in [0.4, 0.5) is 4.39 Å². The van der Waals surface area contributed by atoms with Crippen LogP contribution in [0, 0.1) is 11.7 Å². The Morgan fingerprint density at radius 2 is 2.20 bits per heavy atom. The lowest BCUT2D eigenvalue weighted by atomic mass is 10.2. The Labute approximate surface area is 122 Å². The van der Waals surface area contributed by atoms with E-state index in [4.69, 9.17) is 0 Å². The lowest BCUT2D eigenvalue weighted by Gasteiger charge is -2.11. The fourth-order valence-electron chi connectivity index (χ4n) is 1.74. The normalized spacial score (nSPS) is 11.2. The molecule has 0 unspecified atom stereocenters. The van der Waals surface area contributed by atoms with Crippen LogP contribution in [0.3, 0.4) is 0 Å². The average Bonchev–Trinajstić information content (AvgIpc) is 2.78. The fourth-order valence-corrected chi connectivity index (χ4v) is 2.62. The Balaban J connectivity index is 2.13. The zero-order chi connectivity index (χ0) is 14.5. The van der Waals surface area contributed by atoms with Gasteiger partial charge in [-0.05, 0) is 48.0 Å². The molecule has 2 rings (SSSR count). The lowest BCUT2D eigenvalue weighted by Crippen LogP contribution is -2.19. The molecule has 0 atom stereocenters. The van der Waals surface area contributed by atoms with E-state index in [-0.39, 0.29) is 5.82 Å². The van der Waals surface area contributed by atoms with Gasteiger partial charge in [-0.3, -0.25) is 0 Å². The zero-order valence-corrected chi connectivity index (χ0v) is 12.7. The number of aryl methyl sites for hydroxylation is 1. The Kier molecular flexibility index (Phi) is 5.14. The van der Waals surface area contributed by atoms with Crippen LogP contribution < -0.4 is 5.32 Å². The second kappa shape index (κ2) is 6.85. The van der Waals surface area contributed by atoms with Gasteiger partial charge in [0.25, 0.3) is 0 Å². The van der Waals surface area contributed by atoms with E-state index < -0.39 is 0 Å². The maximum absolute atomic E-state index is 13.4. The summed E-state index contributed by atoms with van der Waals surface area (Å²) in [6.45, 7) is 5.85. The molecule has 0 bridgehead atoms. The standard InChI is InChI=1S/C14H19FN4S/c1-10(2)7-16-8-11-6-12(15)4-5-13(11)20-14-18-17-9-19(14)3/h4-6,9-10,16H,7-8H2,1-3H3. The highest BCUT2D eigenvalue weighted by molar-refractivity contribution is 7.99. The first-order valence-electron chi connectivity index (χ1n) is 6.57. The van der Waals surface area contributed by atoms with Crippen molar-refractivity contribution in [3.8, 4) is 0 Å². The summed E-state index contributed by atoms with van der Waals surface area (Å²) in [5.74, 6) is 0.354. The smallest absolute Gasteiger partial charge is 0.195 e. The summed E-state index contributed by atoms with van der Waals surface area (Å²) in [6, 6.07) is 4.84. The van der Waals surface area contributed by atoms with Crippen molar-refractivity contribution >= 4 is 11.8 Å². The predicted octanol–water partition coefficient (Wildman–Crippen LogP) is 2.85. The van der Waals surface area contributed by atoms with Gasteiger partial charge in [-0.15, -0.1) is 10.2 Å². The first-order valence-corrected chi connectivity index (χ1v) is 7.39. The van der Waals surface area contributed by atoms with Crippen LogP contribution in [0.15, 0.2) is 34.6 Å². The highest BCUT2D eigenvalue weighted by atomic mass is 32.2. The molecule has 0 amide bonds. The van der Waals surface area contributed by atoms with Gasteiger partial charge < -0.3 is 9.88 Å². The number of hydrogen-bond acceptors (Lipinski definition) is 4. The Morgan fingerprint density at radius 1 is 1.40 bits per heavy atom. The van der Waals surface area contributed by atoms with Crippen molar-refractivity contribution in [3.63, 3.8) is 0 Å². The Bertz CT molecular complexity index is 568. The van der Waals surface area contributed by atoms with Crippen molar-refractivity contribution in [3.05, 3.63) is 35.9 Å². The minimum atomic E-state index is -0.214. The van der Waals surface area contributed by atoms with Gasteiger partial charge in [-0.2, -0.15) is 0 Å². The van der Waals surface area contributed by atoms with Gasteiger partial charge in [0.05, 0.1) is 0 Å². The van der Waals surface area contributed by atoms with Gasteiger partial charge >= 0.3 is 0 Å². The third kappa shape index (κ3) is 4.05. The molecule has 0 aliphatic rings. The summed E-state index contributed by atoms with van der Waals surface area (Å²) < 4.78 is 15.3. The molecule has 0 aliphatic carbocycles. The van der Waals surface area contributed by atoms with Crippen LogP contribution in [-0.4, -0.2) is 21.3 Å². The van der Waals surface area contributed by atoms with Crippen molar-refractivity contribution in [1.82, 2.24) is 20.1 Å². The summed E-state index contributed by atoms with van der Waals surface area (Å²) in [6.07, 6.45) is 1.66. The maximum Gasteiger partial charge on any atom is 0.195 e. The summed E-state index contributed by atoms with van der Waals surface area (Å²) in [5, 5.41) is 12.0. The SMILES string of the molecule is CC(C)CNCc1cc(F)ccc1Sc1nncn1C. The number of nitrogens with one attached hydrogen (secondary N) is 1. The van der Waals surface area contributed by atoms with E-state index in [0.717, 1.165) is 22.2 Å². The molecule has 0 aliphatic heterocycles. The molecule has 0 fully saturated rings. The number of hydrogen-bond donors (Lipinski definition) is 1. The van der Waals surface area contributed by atoms with Gasteiger partial charge in [0.2, 0.25) is 0 Å². The minimum absolute atomic E-state index is 0.214. The highest BCUT2D eigenvalue weighted by Gasteiger charge is 2.09. The molecule has 1 N–H and O–H groups in total. The van der Waals surface area contributed by atoms with E-state index >= 15 is 0 Å². The third-order valence-electron chi connectivity index (χ3n) is 2.76. The molecule has 6 heteroatoms. The van der Waals surface area contributed by atoms with Crippen LogP contribution >= 0.6 is 11.8 Å². The zero-order valence-electron chi connectivity index (χ0n) is 11.9. The summed E-state index contributed by atoms with van der Waals surface area (Å²) in [4.78, 5) is 0.999.